The number of para-hydroxylation sites is 2. The highest BCUT2D eigenvalue weighted by molar-refractivity contribution is 7.89. The van der Waals surface area contributed by atoms with Gasteiger partial charge in [0.2, 0.25) is 10.0 Å². The summed E-state index contributed by atoms with van der Waals surface area (Å²) in [6, 6.07) is 10.1. The lowest BCUT2D eigenvalue weighted by Crippen LogP contribution is -2.40. The van der Waals surface area contributed by atoms with Crippen LogP contribution in [0.25, 0.3) is 11.0 Å². The number of ether oxygens (including phenoxy) is 2. The molecular weight excluding hydrogens is 444 g/mol. The lowest BCUT2D eigenvalue weighted by atomic mass is 10.3. The van der Waals surface area contributed by atoms with Crippen molar-refractivity contribution in [2.45, 2.75) is 24.8 Å². The Balaban J connectivity index is 1.58. The second-order valence-electron chi connectivity index (χ2n) is 6.32. The molecule has 164 valence electrons. The van der Waals surface area contributed by atoms with Gasteiger partial charge in [0.25, 0.3) is 5.91 Å². The summed E-state index contributed by atoms with van der Waals surface area (Å²) in [5.74, 6) is -1.01. The van der Waals surface area contributed by atoms with Crippen molar-refractivity contribution in [1.82, 2.24) is 13.5 Å². The van der Waals surface area contributed by atoms with Gasteiger partial charge in [0.1, 0.15) is 27.7 Å². The number of aromatic nitrogens is 2. The van der Waals surface area contributed by atoms with Gasteiger partial charge < -0.3 is 14.8 Å². The first-order valence-electron chi connectivity index (χ1n) is 9.23. The molecule has 2 aromatic carbocycles. The van der Waals surface area contributed by atoms with Gasteiger partial charge in [-0.15, -0.1) is 0 Å². The van der Waals surface area contributed by atoms with E-state index in [0.717, 1.165) is 11.7 Å². The van der Waals surface area contributed by atoms with Gasteiger partial charge in [-0.1, -0.05) is 18.2 Å². The molecule has 0 spiro atoms. The molecule has 1 amide bonds. The highest BCUT2D eigenvalue weighted by atomic mass is 32.2. The maximum atomic E-state index is 12.7. The third-order valence-electron chi connectivity index (χ3n) is 4.03. The maximum Gasteiger partial charge on any atom is 0.324 e. The minimum atomic E-state index is -4.06. The van der Waals surface area contributed by atoms with Gasteiger partial charge >= 0.3 is 5.97 Å². The number of rotatable bonds is 9. The Labute approximate surface area is 182 Å². The Kier molecular flexibility index (Phi) is 7.15. The summed E-state index contributed by atoms with van der Waals surface area (Å²) in [4.78, 5) is 24.2. The molecule has 0 saturated carbocycles. The summed E-state index contributed by atoms with van der Waals surface area (Å²) in [5, 5.41) is 2.59. The predicted octanol–water partition coefficient (Wildman–Crippen LogP) is 1.94. The summed E-state index contributed by atoms with van der Waals surface area (Å²) in [6.45, 7) is 2.97. The number of nitrogens with zero attached hydrogens (tertiary/aromatic N) is 2. The molecule has 0 bridgehead atoms. The zero-order chi connectivity index (χ0) is 22.4. The van der Waals surface area contributed by atoms with Crippen LogP contribution in [0.2, 0.25) is 0 Å². The third-order valence-corrected chi connectivity index (χ3v) is 6.15. The number of esters is 1. The fourth-order valence-electron chi connectivity index (χ4n) is 2.64. The summed E-state index contributed by atoms with van der Waals surface area (Å²) in [5.41, 5.74) is 1.09. The SMILES string of the molecule is CCOc1ccccc1NC(=O)COC(=O)[C@@H](C)NS(=O)(=O)c1cccc2nsnc12. The minimum absolute atomic E-state index is 0.0938. The van der Waals surface area contributed by atoms with E-state index in [0.29, 0.717) is 23.6 Å². The van der Waals surface area contributed by atoms with Gasteiger partial charge in [0.05, 0.1) is 24.0 Å². The zero-order valence-corrected chi connectivity index (χ0v) is 18.3. The van der Waals surface area contributed by atoms with Crippen molar-refractivity contribution in [3.05, 3.63) is 42.5 Å². The predicted molar refractivity (Wildman–Crippen MR) is 114 cm³/mol. The van der Waals surface area contributed by atoms with Crippen LogP contribution in [0, 0.1) is 0 Å². The fourth-order valence-corrected chi connectivity index (χ4v) is 4.60. The number of carbonyl (C=O) groups is 2. The molecule has 0 aliphatic rings. The van der Waals surface area contributed by atoms with Crippen molar-refractivity contribution in [2.75, 3.05) is 18.5 Å². The van der Waals surface area contributed by atoms with Gasteiger partial charge in [0, 0.05) is 0 Å². The number of hydrogen-bond donors (Lipinski definition) is 2. The molecule has 0 saturated heterocycles. The average Bonchev–Trinajstić information content (AvgIpc) is 3.22. The first-order chi connectivity index (χ1) is 14.8. The van der Waals surface area contributed by atoms with Crippen LogP contribution in [0.15, 0.2) is 47.4 Å². The Morgan fingerprint density at radius 1 is 1.13 bits per heavy atom. The number of fused-ring (bicyclic) bond motifs is 1. The standard InChI is InChI=1S/C19H20N4O6S2/c1-3-28-15-9-5-4-7-13(15)20-17(24)11-29-19(25)12(2)23-31(26,27)16-10-6-8-14-18(16)22-30-21-14/h4-10,12,23H,3,11H2,1-2H3,(H,20,24)/t12-/m1/s1. The van der Waals surface area contributed by atoms with Gasteiger partial charge in [-0.05, 0) is 38.1 Å². The van der Waals surface area contributed by atoms with Crippen molar-refractivity contribution >= 4 is 50.3 Å². The highest BCUT2D eigenvalue weighted by Gasteiger charge is 2.26. The molecule has 0 fully saturated rings. The van der Waals surface area contributed by atoms with E-state index in [4.69, 9.17) is 9.47 Å². The molecule has 3 rings (SSSR count). The van der Waals surface area contributed by atoms with Crippen LogP contribution in [0.1, 0.15) is 13.8 Å². The smallest absolute Gasteiger partial charge is 0.324 e. The number of carbonyl (C=O) groups excluding carboxylic acids is 2. The number of anilines is 1. The van der Waals surface area contributed by atoms with Gasteiger partial charge in [-0.25, -0.2) is 8.42 Å². The van der Waals surface area contributed by atoms with Crippen LogP contribution in [0.3, 0.4) is 0 Å². The maximum absolute atomic E-state index is 12.7. The van der Waals surface area contributed by atoms with Crippen LogP contribution in [0.4, 0.5) is 5.69 Å². The average molecular weight is 465 g/mol. The topological polar surface area (TPSA) is 137 Å². The Morgan fingerprint density at radius 3 is 2.68 bits per heavy atom. The number of nitrogens with one attached hydrogen (secondary N) is 2. The number of benzene rings is 2. The molecule has 0 aliphatic carbocycles. The molecule has 31 heavy (non-hydrogen) atoms. The summed E-state index contributed by atoms with van der Waals surface area (Å²) in [6.07, 6.45) is 0. The van der Waals surface area contributed by atoms with Crippen LogP contribution in [-0.2, 0) is 24.3 Å². The quantitative estimate of drug-likeness (QED) is 0.459. The van der Waals surface area contributed by atoms with Crippen molar-refractivity contribution in [2.24, 2.45) is 0 Å². The van der Waals surface area contributed by atoms with E-state index >= 15 is 0 Å². The largest absolute Gasteiger partial charge is 0.492 e. The van der Waals surface area contributed by atoms with Gasteiger partial charge in [-0.2, -0.15) is 13.5 Å². The molecule has 10 nitrogen and oxygen atoms in total. The van der Waals surface area contributed by atoms with E-state index < -0.39 is 34.5 Å². The molecule has 0 aliphatic heterocycles. The van der Waals surface area contributed by atoms with E-state index in [2.05, 4.69) is 18.8 Å². The lowest BCUT2D eigenvalue weighted by molar-refractivity contribution is -0.148. The van der Waals surface area contributed by atoms with Crippen molar-refractivity contribution in [3.63, 3.8) is 0 Å². The molecule has 0 unspecified atom stereocenters. The van der Waals surface area contributed by atoms with E-state index in [1.54, 1.807) is 30.3 Å². The summed E-state index contributed by atoms with van der Waals surface area (Å²) in [7, 11) is -4.06. The molecule has 1 heterocycles. The van der Waals surface area contributed by atoms with Crippen molar-refractivity contribution < 1.29 is 27.5 Å². The second kappa shape index (κ2) is 9.81. The van der Waals surface area contributed by atoms with Crippen molar-refractivity contribution in [1.29, 1.82) is 0 Å². The molecule has 1 atom stereocenters. The molecule has 3 aromatic rings. The van der Waals surface area contributed by atoms with E-state index in [1.165, 1.54) is 19.1 Å². The van der Waals surface area contributed by atoms with Crippen LogP contribution < -0.4 is 14.8 Å². The molecular formula is C19H20N4O6S2. The van der Waals surface area contributed by atoms with Gasteiger partial charge in [-0.3, -0.25) is 9.59 Å². The molecule has 12 heteroatoms. The molecule has 2 N–H and O–H groups in total. The molecule has 0 radical (unpaired) electrons. The Bertz CT molecular complexity index is 1190. The number of sulfonamides is 1. The zero-order valence-electron chi connectivity index (χ0n) is 16.7. The summed E-state index contributed by atoms with van der Waals surface area (Å²) >= 11 is 0.887. The summed E-state index contributed by atoms with van der Waals surface area (Å²) < 4.78 is 45.9. The number of hydrogen-bond acceptors (Lipinski definition) is 9. The van der Waals surface area contributed by atoms with E-state index in [9.17, 15) is 18.0 Å². The van der Waals surface area contributed by atoms with Crippen LogP contribution >= 0.6 is 11.7 Å². The van der Waals surface area contributed by atoms with Crippen molar-refractivity contribution in [3.8, 4) is 5.75 Å². The number of amides is 1. The monoisotopic (exact) mass is 464 g/mol. The molecule has 1 aromatic heterocycles. The van der Waals surface area contributed by atoms with E-state index in [-0.39, 0.29) is 10.4 Å². The third kappa shape index (κ3) is 5.54. The highest BCUT2D eigenvalue weighted by Crippen LogP contribution is 2.23. The van der Waals surface area contributed by atoms with Gasteiger partial charge in [0.15, 0.2) is 6.61 Å². The lowest BCUT2D eigenvalue weighted by Gasteiger charge is -2.14. The fraction of sp³-hybridized carbons (Fsp3) is 0.263. The first-order valence-corrected chi connectivity index (χ1v) is 11.4. The first kappa shape index (κ1) is 22.6. The Hall–Kier alpha value is -3.09. The van der Waals surface area contributed by atoms with Crippen LogP contribution in [0.5, 0.6) is 5.75 Å². The Morgan fingerprint density at radius 2 is 1.90 bits per heavy atom. The van der Waals surface area contributed by atoms with Crippen LogP contribution in [-0.4, -0.2) is 48.3 Å². The normalized spacial score (nSPS) is 12.3. The second-order valence-corrected chi connectivity index (χ2v) is 8.53. The van der Waals surface area contributed by atoms with E-state index in [1.807, 2.05) is 6.92 Å². The minimum Gasteiger partial charge on any atom is -0.492 e.